The number of hydrogen-bond donors (Lipinski definition) is 1. The average molecular weight is 275 g/mol. The Bertz CT molecular complexity index is 502. The van der Waals surface area contributed by atoms with Crippen LogP contribution in [0.25, 0.3) is 0 Å². The second-order valence-electron chi connectivity index (χ2n) is 5.10. The van der Waals surface area contributed by atoms with Crippen LogP contribution in [-0.4, -0.2) is 35.3 Å². The smallest absolute Gasteiger partial charge is 0.220 e. The number of carbonyl (C=O) groups excluding carboxylic acids is 2. The molecule has 2 heterocycles. The molecule has 0 aliphatic carbocycles. The summed E-state index contributed by atoms with van der Waals surface area (Å²) in [5, 5.41) is 2.61. The van der Waals surface area contributed by atoms with E-state index in [0.29, 0.717) is 12.8 Å². The fraction of sp³-hybridized carbons (Fsp3) is 0.533. The van der Waals surface area contributed by atoms with Crippen LogP contribution in [0.2, 0.25) is 0 Å². The highest BCUT2D eigenvalue weighted by atomic mass is 16.2. The molecule has 5 nitrogen and oxygen atoms in total. The van der Waals surface area contributed by atoms with E-state index < -0.39 is 0 Å². The van der Waals surface area contributed by atoms with E-state index in [2.05, 4.69) is 10.3 Å². The lowest BCUT2D eigenvalue weighted by atomic mass is 10.1. The number of rotatable bonds is 4. The molecule has 0 saturated carbocycles. The van der Waals surface area contributed by atoms with Gasteiger partial charge in [-0.1, -0.05) is 6.07 Å². The van der Waals surface area contributed by atoms with Gasteiger partial charge in [0.2, 0.25) is 11.8 Å². The van der Waals surface area contributed by atoms with Crippen molar-refractivity contribution in [3.63, 3.8) is 0 Å². The summed E-state index contributed by atoms with van der Waals surface area (Å²) in [6.07, 6.45) is 3.05. The molecule has 2 rings (SSSR count). The average Bonchev–Trinajstić information content (AvgIpc) is 2.94. The van der Waals surface area contributed by atoms with Crippen LogP contribution < -0.4 is 5.32 Å². The zero-order valence-corrected chi connectivity index (χ0v) is 12.1. The molecule has 20 heavy (non-hydrogen) atoms. The monoisotopic (exact) mass is 275 g/mol. The topological polar surface area (TPSA) is 62.3 Å². The first-order valence-electron chi connectivity index (χ1n) is 7.05. The highest BCUT2D eigenvalue weighted by Crippen LogP contribution is 2.30. The second kappa shape index (κ2) is 6.50. The Morgan fingerprint density at radius 3 is 2.95 bits per heavy atom. The summed E-state index contributed by atoms with van der Waals surface area (Å²) in [5.41, 5.74) is 1.84. The van der Waals surface area contributed by atoms with Gasteiger partial charge < -0.3 is 10.2 Å². The lowest BCUT2D eigenvalue weighted by Crippen LogP contribution is -2.28. The highest BCUT2D eigenvalue weighted by Gasteiger charge is 2.28. The fourth-order valence-corrected chi connectivity index (χ4v) is 2.64. The molecule has 1 aliphatic rings. The molecular formula is C15H21N3O2. The SMILES string of the molecule is CNC(=O)CCc1cccc([C@H]2CCCN2C(C)=O)n1. The van der Waals surface area contributed by atoms with Crippen LogP contribution in [0.5, 0.6) is 0 Å². The van der Waals surface area contributed by atoms with Gasteiger partial charge in [0.25, 0.3) is 0 Å². The van der Waals surface area contributed by atoms with E-state index in [4.69, 9.17) is 0 Å². The summed E-state index contributed by atoms with van der Waals surface area (Å²) in [6.45, 7) is 2.41. The van der Waals surface area contributed by atoms with Crippen molar-refractivity contribution in [2.45, 2.75) is 38.6 Å². The molecule has 1 aliphatic heterocycles. The number of amides is 2. The van der Waals surface area contributed by atoms with Crippen molar-refractivity contribution in [3.05, 3.63) is 29.6 Å². The van der Waals surface area contributed by atoms with E-state index >= 15 is 0 Å². The lowest BCUT2D eigenvalue weighted by molar-refractivity contribution is -0.129. The maximum absolute atomic E-state index is 11.6. The zero-order valence-electron chi connectivity index (χ0n) is 12.1. The summed E-state index contributed by atoms with van der Waals surface area (Å²) in [6, 6.07) is 5.94. The first kappa shape index (κ1) is 14.5. The molecule has 5 heteroatoms. The number of nitrogens with one attached hydrogen (secondary N) is 1. The lowest BCUT2D eigenvalue weighted by Gasteiger charge is -2.23. The van der Waals surface area contributed by atoms with Crippen molar-refractivity contribution >= 4 is 11.8 Å². The first-order chi connectivity index (χ1) is 9.61. The van der Waals surface area contributed by atoms with Gasteiger partial charge in [0, 0.05) is 32.6 Å². The third-order valence-corrected chi connectivity index (χ3v) is 3.71. The van der Waals surface area contributed by atoms with Crippen molar-refractivity contribution in [2.75, 3.05) is 13.6 Å². The van der Waals surface area contributed by atoms with Crippen LogP contribution in [-0.2, 0) is 16.0 Å². The molecule has 2 amide bonds. The van der Waals surface area contributed by atoms with E-state index in [1.165, 1.54) is 0 Å². The van der Waals surface area contributed by atoms with Crippen LogP contribution in [0.4, 0.5) is 0 Å². The van der Waals surface area contributed by atoms with Crippen molar-refractivity contribution in [1.29, 1.82) is 0 Å². The number of pyridine rings is 1. The van der Waals surface area contributed by atoms with Crippen molar-refractivity contribution in [3.8, 4) is 0 Å². The summed E-state index contributed by atoms with van der Waals surface area (Å²) >= 11 is 0. The van der Waals surface area contributed by atoms with Gasteiger partial charge in [-0.25, -0.2) is 0 Å². The summed E-state index contributed by atoms with van der Waals surface area (Å²) < 4.78 is 0. The quantitative estimate of drug-likeness (QED) is 0.904. The van der Waals surface area contributed by atoms with Gasteiger partial charge in [-0.05, 0) is 31.4 Å². The van der Waals surface area contributed by atoms with Gasteiger partial charge in [0.15, 0.2) is 0 Å². The summed E-state index contributed by atoms with van der Waals surface area (Å²) in [4.78, 5) is 29.4. The number of aryl methyl sites for hydroxylation is 1. The summed E-state index contributed by atoms with van der Waals surface area (Å²) in [7, 11) is 1.63. The third-order valence-electron chi connectivity index (χ3n) is 3.71. The number of likely N-dealkylation sites (tertiary alicyclic amines) is 1. The van der Waals surface area contributed by atoms with Crippen LogP contribution >= 0.6 is 0 Å². The van der Waals surface area contributed by atoms with Crippen LogP contribution in [0, 0.1) is 0 Å². The van der Waals surface area contributed by atoms with E-state index in [1.54, 1.807) is 14.0 Å². The molecule has 1 aromatic rings. The second-order valence-corrected chi connectivity index (χ2v) is 5.10. The molecular weight excluding hydrogens is 254 g/mol. The Labute approximate surface area is 119 Å². The normalized spacial score (nSPS) is 18.1. The molecule has 0 radical (unpaired) electrons. The summed E-state index contributed by atoms with van der Waals surface area (Å²) in [5.74, 6) is 0.119. The van der Waals surface area contributed by atoms with Gasteiger partial charge in [-0.3, -0.25) is 14.6 Å². The van der Waals surface area contributed by atoms with Crippen LogP contribution in [0.15, 0.2) is 18.2 Å². The van der Waals surface area contributed by atoms with Gasteiger partial charge in [0.1, 0.15) is 0 Å². The Hall–Kier alpha value is -1.91. The van der Waals surface area contributed by atoms with Gasteiger partial charge in [-0.15, -0.1) is 0 Å². The van der Waals surface area contributed by atoms with E-state index in [9.17, 15) is 9.59 Å². The molecule has 1 saturated heterocycles. The van der Waals surface area contributed by atoms with Crippen molar-refractivity contribution in [2.24, 2.45) is 0 Å². The fourth-order valence-electron chi connectivity index (χ4n) is 2.64. The first-order valence-corrected chi connectivity index (χ1v) is 7.05. The Balaban J connectivity index is 2.09. The third kappa shape index (κ3) is 3.35. The molecule has 1 atom stereocenters. The van der Waals surface area contributed by atoms with E-state index in [-0.39, 0.29) is 17.9 Å². The molecule has 0 spiro atoms. The minimum atomic E-state index is 0.0171. The Morgan fingerprint density at radius 1 is 1.45 bits per heavy atom. The molecule has 1 fully saturated rings. The standard InChI is InChI=1S/C15H21N3O2/c1-11(19)18-10-4-7-14(18)13-6-3-5-12(17-13)8-9-15(20)16-2/h3,5-6,14H,4,7-10H2,1-2H3,(H,16,20)/t14-/m1/s1. The highest BCUT2D eigenvalue weighted by molar-refractivity contribution is 5.75. The predicted octanol–water partition coefficient (Wildman–Crippen LogP) is 1.44. The maximum Gasteiger partial charge on any atom is 0.220 e. The molecule has 0 aromatic carbocycles. The molecule has 0 bridgehead atoms. The minimum absolute atomic E-state index is 0.0171. The number of nitrogens with zero attached hydrogens (tertiary/aromatic N) is 2. The number of aromatic nitrogens is 1. The van der Waals surface area contributed by atoms with Crippen molar-refractivity contribution < 1.29 is 9.59 Å². The van der Waals surface area contributed by atoms with Gasteiger partial charge in [0.05, 0.1) is 11.7 Å². The number of hydrogen-bond acceptors (Lipinski definition) is 3. The maximum atomic E-state index is 11.6. The van der Waals surface area contributed by atoms with Gasteiger partial charge in [-0.2, -0.15) is 0 Å². The molecule has 1 N–H and O–H groups in total. The number of carbonyl (C=O) groups is 2. The van der Waals surface area contributed by atoms with Crippen molar-refractivity contribution in [1.82, 2.24) is 15.2 Å². The molecule has 1 aromatic heterocycles. The van der Waals surface area contributed by atoms with Crippen LogP contribution in [0.3, 0.4) is 0 Å². The Morgan fingerprint density at radius 2 is 2.25 bits per heavy atom. The predicted molar refractivity (Wildman–Crippen MR) is 76.0 cm³/mol. The zero-order chi connectivity index (χ0) is 14.5. The molecule has 0 unspecified atom stereocenters. The van der Waals surface area contributed by atoms with Crippen LogP contribution in [0.1, 0.15) is 43.6 Å². The largest absolute Gasteiger partial charge is 0.359 e. The Kier molecular flexibility index (Phi) is 4.71. The van der Waals surface area contributed by atoms with E-state index in [0.717, 1.165) is 30.8 Å². The minimum Gasteiger partial charge on any atom is -0.359 e. The molecule has 108 valence electrons. The van der Waals surface area contributed by atoms with E-state index in [1.807, 2.05) is 23.1 Å². The van der Waals surface area contributed by atoms with Gasteiger partial charge >= 0.3 is 0 Å².